The Hall–Kier alpha value is -2.86. The molecule has 0 amide bonds. The minimum Gasteiger partial charge on any atom is -0.465 e. The van der Waals surface area contributed by atoms with E-state index in [1.54, 1.807) is 18.2 Å². The van der Waals surface area contributed by atoms with Gasteiger partial charge in [-0.1, -0.05) is 35.9 Å². The van der Waals surface area contributed by atoms with Crippen molar-refractivity contribution in [3.05, 3.63) is 80.4 Å². The molecule has 138 valence electrons. The zero-order valence-electron chi connectivity index (χ0n) is 14.5. The van der Waals surface area contributed by atoms with E-state index in [1.807, 2.05) is 18.2 Å². The van der Waals surface area contributed by atoms with E-state index in [4.69, 9.17) is 16.3 Å². The van der Waals surface area contributed by atoms with Gasteiger partial charge in [0, 0.05) is 12.0 Å². The van der Waals surface area contributed by atoms with E-state index in [1.165, 1.54) is 13.2 Å². The first-order valence-electron chi connectivity index (χ1n) is 8.59. The Balaban J connectivity index is 1.77. The van der Waals surface area contributed by atoms with Crippen molar-refractivity contribution in [1.82, 2.24) is 0 Å². The smallest absolute Gasteiger partial charge is 0.337 e. The molecular weight excluding hydrogens is 368 g/mol. The fourth-order valence-corrected chi connectivity index (χ4v) is 4.31. The summed E-state index contributed by atoms with van der Waals surface area (Å²) in [7, 11) is 1.35. The molecule has 7 heteroatoms. The quantitative estimate of drug-likeness (QED) is 0.353. The van der Waals surface area contributed by atoms with Crippen LogP contribution < -0.4 is 5.32 Å². The molecule has 0 aromatic heterocycles. The Morgan fingerprint density at radius 2 is 2.00 bits per heavy atom. The Morgan fingerprint density at radius 1 is 1.26 bits per heavy atom. The SMILES string of the molecule is COC(=O)c1ccc([C@H]2Nc3c(Cl)ccc([N+](=O)[O-])c3[C@H]3C=CC[C@@H]32)cc1. The van der Waals surface area contributed by atoms with Crippen LogP contribution >= 0.6 is 11.6 Å². The van der Waals surface area contributed by atoms with Gasteiger partial charge in [-0.15, -0.1) is 0 Å². The number of nitro benzene ring substituents is 1. The number of nitro groups is 1. The van der Waals surface area contributed by atoms with E-state index in [2.05, 4.69) is 11.4 Å². The van der Waals surface area contributed by atoms with Crippen molar-refractivity contribution in [3.63, 3.8) is 0 Å². The maximum atomic E-state index is 11.7. The zero-order valence-corrected chi connectivity index (χ0v) is 15.3. The third-order valence-corrected chi connectivity index (χ3v) is 5.65. The third kappa shape index (κ3) is 2.86. The summed E-state index contributed by atoms with van der Waals surface area (Å²) in [6, 6.07) is 10.2. The summed E-state index contributed by atoms with van der Waals surface area (Å²) in [5.41, 5.74) is 2.82. The summed E-state index contributed by atoms with van der Waals surface area (Å²) >= 11 is 6.38. The van der Waals surface area contributed by atoms with Crippen LogP contribution in [0.1, 0.15) is 39.9 Å². The number of nitrogens with one attached hydrogen (secondary N) is 1. The first-order valence-corrected chi connectivity index (χ1v) is 8.97. The molecule has 2 aromatic rings. The number of hydrogen-bond acceptors (Lipinski definition) is 5. The molecule has 6 nitrogen and oxygen atoms in total. The van der Waals surface area contributed by atoms with Gasteiger partial charge in [0.1, 0.15) is 0 Å². The molecule has 1 N–H and O–H groups in total. The molecule has 2 aromatic carbocycles. The molecule has 1 heterocycles. The lowest BCUT2D eigenvalue weighted by Crippen LogP contribution is -2.30. The molecule has 0 saturated carbocycles. The predicted molar refractivity (Wildman–Crippen MR) is 102 cm³/mol. The lowest BCUT2D eigenvalue weighted by atomic mass is 9.76. The Labute approximate surface area is 160 Å². The molecular formula is C20H17ClN2O4. The molecule has 27 heavy (non-hydrogen) atoms. The molecule has 1 aliphatic carbocycles. The van der Waals surface area contributed by atoms with E-state index < -0.39 is 0 Å². The summed E-state index contributed by atoms with van der Waals surface area (Å²) in [5, 5.41) is 15.4. The van der Waals surface area contributed by atoms with E-state index in [0.29, 0.717) is 21.8 Å². The highest BCUT2D eigenvalue weighted by Gasteiger charge is 2.42. The molecule has 2 aliphatic rings. The largest absolute Gasteiger partial charge is 0.465 e. The molecule has 0 bridgehead atoms. The number of carbonyl (C=O) groups is 1. The van der Waals surface area contributed by atoms with Crippen LogP contribution in [0.15, 0.2) is 48.6 Å². The van der Waals surface area contributed by atoms with Crippen LogP contribution in [0, 0.1) is 16.0 Å². The fourth-order valence-electron chi connectivity index (χ4n) is 4.09. The third-order valence-electron chi connectivity index (χ3n) is 5.33. The summed E-state index contributed by atoms with van der Waals surface area (Å²) in [5.74, 6) is -0.327. The second kappa shape index (κ2) is 6.70. The predicted octanol–water partition coefficient (Wildman–Crippen LogP) is 4.86. The van der Waals surface area contributed by atoms with Crippen LogP contribution in [0.3, 0.4) is 0 Å². The monoisotopic (exact) mass is 384 g/mol. The van der Waals surface area contributed by atoms with Crippen LogP contribution in [-0.2, 0) is 4.74 Å². The number of esters is 1. The highest BCUT2D eigenvalue weighted by molar-refractivity contribution is 6.33. The van der Waals surface area contributed by atoms with Crippen LogP contribution in [0.25, 0.3) is 0 Å². The van der Waals surface area contributed by atoms with Crippen molar-refractivity contribution in [1.29, 1.82) is 0 Å². The number of nitrogens with zero attached hydrogens (tertiary/aromatic N) is 1. The average Bonchev–Trinajstić information content (AvgIpc) is 3.17. The summed E-state index contributed by atoms with van der Waals surface area (Å²) in [6.07, 6.45) is 4.90. The number of benzene rings is 2. The summed E-state index contributed by atoms with van der Waals surface area (Å²) < 4.78 is 4.74. The summed E-state index contributed by atoms with van der Waals surface area (Å²) in [4.78, 5) is 22.8. The van der Waals surface area contributed by atoms with Crippen molar-refractivity contribution >= 4 is 28.9 Å². The average molecular weight is 385 g/mol. The molecule has 0 saturated heterocycles. The van der Waals surface area contributed by atoms with Gasteiger partial charge in [0.15, 0.2) is 0 Å². The fraction of sp³-hybridized carbons (Fsp3) is 0.250. The van der Waals surface area contributed by atoms with Crippen molar-refractivity contribution in [2.24, 2.45) is 5.92 Å². The zero-order chi connectivity index (χ0) is 19.1. The highest BCUT2D eigenvalue weighted by Crippen LogP contribution is 2.54. The second-order valence-corrected chi connectivity index (χ2v) is 7.11. The number of allylic oxidation sites excluding steroid dienone is 2. The van der Waals surface area contributed by atoms with E-state index in [0.717, 1.165) is 12.0 Å². The Morgan fingerprint density at radius 3 is 2.67 bits per heavy atom. The molecule has 3 atom stereocenters. The maximum absolute atomic E-state index is 11.7. The van der Waals surface area contributed by atoms with Crippen LogP contribution in [-0.4, -0.2) is 18.0 Å². The van der Waals surface area contributed by atoms with Gasteiger partial charge in [-0.3, -0.25) is 10.1 Å². The van der Waals surface area contributed by atoms with Gasteiger partial charge in [-0.25, -0.2) is 4.79 Å². The molecule has 0 unspecified atom stereocenters. The highest BCUT2D eigenvalue weighted by atomic mass is 35.5. The number of hydrogen-bond donors (Lipinski definition) is 1. The minimum absolute atomic E-state index is 0.0660. The Kier molecular flexibility index (Phi) is 4.36. The first kappa shape index (κ1) is 17.5. The van der Waals surface area contributed by atoms with Gasteiger partial charge >= 0.3 is 5.97 Å². The number of carbonyl (C=O) groups excluding carboxylic acids is 1. The van der Waals surface area contributed by atoms with E-state index in [9.17, 15) is 14.9 Å². The number of methoxy groups -OCH3 is 1. The molecule has 1 aliphatic heterocycles. The second-order valence-electron chi connectivity index (χ2n) is 6.70. The number of anilines is 1. The van der Waals surface area contributed by atoms with Crippen molar-refractivity contribution in [2.45, 2.75) is 18.4 Å². The van der Waals surface area contributed by atoms with Crippen molar-refractivity contribution in [3.8, 4) is 0 Å². The van der Waals surface area contributed by atoms with E-state index >= 15 is 0 Å². The topological polar surface area (TPSA) is 81.5 Å². The standard InChI is InChI=1S/C20H17ClN2O4/c1-27-20(24)12-7-5-11(6-8-12)18-14-4-2-3-13(14)17-16(23(25)26)10-9-15(21)19(17)22-18/h2-3,5-10,13-14,18,22H,4H2,1H3/t13-,14-,18+/m0/s1. The lowest BCUT2D eigenvalue weighted by molar-refractivity contribution is -0.385. The minimum atomic E-state index is -0.387. The first-order chi connectivity index (χ1) is 13.0. The lowest BCUT2D eigenvalue weighted by Gasteiger charge is -2.37. The van der Waals surface area contributed by atoms with Gasteiger partial charge in [0.25, 0.3) is 5.69 Å². The molecule has 0 radical (unpaired) electrons. The van der Waals surface area contributed by atoms with Crippen LogP contribution in [0.5, 0.6) is 0 Å². The molecule has 4 rings (SSSR count). The van der Waals surface area contributed by atoms with Crippen molar-refractivity contribution < 1.29 is 14.5 Å². The number of halogens is 1. The number of ether oxygens (including phenoxy) is 1. The normalized spacial score (nSPS) is 22.5. The van der Waals surface area contributed by atoms with Gasteiger partial charge in [-0.05, 0) is 36.1 Å². The molecule has 0 fully saturated rings. The van der Waals surface area contributed by atoms with Crippen LogP contribution in [0.2, 0.25) is 5.02 Å². The van der Waals surface area contributed by atoms with Crippen LogP contribution in [0.4, 0.5) is 11.4 Å². The van der Waals surface area contributed by atoms with Gasteiger partial charge in [0.2, 0.25) is 0 Å². The van der Waals surface area contributed by atoms with E-state index in [-0.39, 0.29) is 34.5 Å². The molecule has 0 spiro atoms. The van der Waals surface area contributed by atoms with Gasteiger partial charge in [0.05, 0.1) is 39.9 Å². The van der Waals surface area contributed by atoms with Gasteiger partial charge < -0.3 is 10.1 Å². The number of rotatable bonds is 3. The maximum Gasteiger partial charge on any atom is 0.337 e. The summed E-state index contributed by atoms with van der Waals surface area (Å²) in [6.45, 7) is 0. The van der Waals surface area contributed by atoms with Crippen molar-refractivity contribution in [2.75, 3.05) is 12.4 Å². The Bertz CT molecular complexity index is 955. The van der Waals surface area contributed by atoms with Gasteiger partial charge in [-0.2, -0.15) is 0 Å². The number of fused-ring (bicyclic) bond motifs is 3.